The number of benzene rings is 1. The van der Waals surface area contributed by atoms with E-state index in [0.29, 0.717) is 31.0 Å². The summed E-state index contributed by atoms with van der Waals surface area (Å²) in [5, 5.41) is 11.7. The van der Waals surface area contributed by atoms with Crippen LogP contribution in [0.25, 0.3) is 0 Å². The van der Waals surface area contributed by atoms with Gasteiger partial charge in [-0.2, -0.15) is 0 Å². The Morgan fingerprint density at radius 1 is 1.32 bits per heavy atom. The van der Waals surface area contributed by atoms with Crippen molar-refractivity contribution in [3.63, 3.8) is 0 Å². The monoisotopic (exact) mass is 331 g/mol. The van der Waals surface area contributed by atoms with E-state index >= 15 is 0 Å². The van der Waals surface area contributed by atoms with Crippen molar-refractivity contribution in [2.75, 3.05) is 20.8 Å². The summed E-state index contributed by atoms with van der Waals surface area (Å²) in [7, 11) is 3.18. The summed E-state index contributed by atoms with van der Waals surface area (Å²) in [5.41, 5.74) is 1.04. The van der Waals surface area contributed by atoms with Crippen LogP contribution in [0.1, 0.15) is 18.4 Å². The van der Waals surface area contributed by atoms with Gasteiger partial charge in [0.05, 0.1) is 14.2 Å². The smallest absolute Gasteiger partial charge is 0.303 e. The minimum absolute atomic E-state index is 0.181. The molecule has 1 rings (SSSR count). The minimum atomic E-state index is -0.769. The Balaban J connectivity index is 2.56. The molecule has 0 saturated carbocycles. The van der Waals surface area contributed by atoms with E-state index in [9.17, 15) is 4.79 Å². The van der Waals surface area contributed by atoms with Crippen molar-refractivity contribution < 1.29 is 19.4 Å². The molecule has 0 aliphatic carbocycles. The van der Waals surface area contributed by atoms with Crippen molar-refractivity contribution in [1.29, 1.82) is 0 Å². The number of hydrogen-bond acceptors (Lipinski definition) is 4. The van der Waals surface area contributed by atoms with E-state index < -0.39 is 5.97 Å². The van der Waals surface area contributed by atoms with E-state index in [1.165, 1.54) is 0 Å². The molecule has 6 heteroatoms. The van der Waals surface area contributed by atoms with Gasteiger partial charge in [0.2, 0.25) is 0 Å². The molecule has 0 bridgehead atoms. The first kappa shape index (κ1) is 15.8. The summed E-state index contributed by atoms with van der Waals surface area (Å²) in [5.74, 6) is 0.575. The molecule has 0 unspecified atom stereocenters. The predicted octanol–water partition coefficient (Wildman–Crippen LogP) is 2.42. The highest BCUT2D eigenvalue weighted by molar-refractivity contribution is 9.10. The quantitative estimate of drug-likeness (QED) is 0.716. The van der Waals surface area contributed by atoms with Gasteiger partial charge < -0.3 is 19.9 Å². The van der Waals surface area contributed by atoms with Crippen molar-refractivity contribution in [3.05, 3.63) is 22.2 Å². The number of ether oxygens (including phenoxy) is 2. The number of halogens is 1. The third-order valence-corrected chi connectivity index (χ3v) is 3.35. The third kappa shape index (κ3) is 5.08. The van der Waals surface area contributed by atoms with Crippen molar-refractivity contribution in [2.45, 2.75) is 19.4 Å². The molecule has 1 aromatic carbocycles. The molecule has 19 heavy (non-hydrogen) atoms. The van der Waals surface area contributed by atoms with Crippen LogP contribution in [0.5, 0.6) is 11.5 Å². The van der Waals surface area contributed by atoms with Crippen LogP contribution in [0.3, 0.4) is 0 Å². The van der Waals surface area contributed by atoms with E-state index in [2.05, 4.69) is 21.2 Å². The zero-order valence-corrected chi connectivity index (χ0v) is 12.6. The fraction of sp³-hybridized carbons (Fsp3) is 0.462. The highest BCUT2D eigenvalue weighted by atomic mass is 79.9. The molecule has 0 saturated heterocycles. The Kier molecular flexibility index (Phi) is 6.66. The van der Waals surface area contributed by atoms with Crippen LogP contribution < -0.4 is 14.8 Å². The zero-order valence-electron chi connectivity index (χ0n) is 11.0. The molecule has 0 amide bonds. The Morgan fingerprint density at radius 2 is 1.95 bits per heavy atom. The average Bonchev–Trinajstić information content (AvgIpc) is 2.39. The topological polar surface area (TPSA) is 67.8 Å². The molecular formula is C13H18BrNO4. The number of aliphatic carboxylic acids is 1. The Hall–Kier alpha value is -1.27. The summed E-state index contributed by atoms with van der Waals surface area (Å²) in [6.45, 7) is 1.30. The maximum absolute atomic E-state index is 10.4. The molecule has 0 fully saturated rings. The number of carbonyl (C=O) groups is 1. The fourth-order valence-electron chi connectivity index (χ4n) is 1.62. The first-order chi connectivity index (χ1) is 9.08. The molecule has 0 atom stereocenters. The number of methoxy groups -OCH3 is 2. The second-order valence-electron chi connectivity index (χ2n) is 3.97. The van der Waals surface area contributed by atoms with E-state index in [0.717, 1.165) is 10.0 Å². The lowest BCUT2D eigenvalue weighted by atomic mass is 10.2. The van der Waals surface area contributed by atoms with Crippen molar-refractivity contribution in [1.82, 2.24) is 5.32 Å². The van der Waals surface area contributed by atoms with Gasteiger partial charge in [-0.05, 0) is 30.7 Å². The van der Waals surface area contributed by atoms with E-state index in [1.807, 2.05) is 12.1 Å². The molecule has 0 radical (unpaired) electrons. The molecule has 1 aromatic rings. The van der Waals surface area contributed by atoms with Gasteiger partial charge in [-0.15, -0.1) is 0 Å². The van der Waals surface area contributed by atoms with Crippen LogP contribution in [0.2, 0.25) is 0 Å². The summed E-state index contributed by atoms with van der Waals surface area (Å²) < 4.78 is 11.4. The highest BCUT2D eigenvalue weighted by Gasteiger charge is 2.09. The van der Waals surface area contributed by atoms with Gasteiger partial charge in [0.25, 0.3) is 0 Å². The Morgan fingerprint density at radius 3 is 2.53 bits per heavy atom. The second-order valence-corrected chi connectivity index (χ2v) is 4.83. The lowest BCUT2D eigenvalue weighted by molar-refractivity contribution is -0.137. The third-order valence-electron chi connectivity index (χ3n) is 2.61. The molecule has 5 nitrogen and oxygen atoms in total. The van der Waals surface area contributed by atoms with Gasteiger partial charge in [-0.1, -0.05) is 15.9 Å². The van der Waals surface area contributed by atoms with Gasteiger partial charge >= 0.3 is 5.97 Å². The summed E-state index contributed by atoms with van der Waals surface area (Å²) in [6.07, 6.45) is 0.792. The van der Waals surface area contributed by atoms with E-state index in [4.69, 9.17) is 14.6 Å². The van der Waals surface area contributed by atoms with Crippen molar-refractivity contribution in [2.24, 2.45) is 0 Å². The maximum atomic E-state index is 10.4. The molecule has 106 valence electrons. The van der Waals surface area contributed by atoms with Crippen molar-refractivity contribution >= 4 is 21.9 Å². The lowest BCUT2D eigenvalue weighted by Gasteiger charge is -2.12. The van der Waals surface area contributed by atoms with Crippen LogP contribution in [0, 0.1) is 0 Å². The summed E-state index contributed by atoms with van der Waals surface area (Å²) in [4.78, 5) is 10.4. The van der Waals surface area contributed by atoms with Crippen LogP contribution in [-0.4, -0.2) is 31.8 Å². The summed E-state index contributed by atoms with van der Waals surface area (Å²) >= 11 is 3.47. The van der Waals surface area contributed by atoms with E-state index in [-0.39, 0.29) is 6.42 Å². The highest BCUT2D eigenvalue weighted by Crippen LogP contribution is 2.33. The Labute approximate surface area is 121 Å². The normalized spacial score (nSPS) is 10.3. The number of nitrogens with one attached hydrogen (secondary N) is 1. The largest absolute Gasteiger partial charge is 0.493 e. The van der Waals surface area contributed by atoms with Gasteiger partial charge in [0.1, 0.15) is 0 Å². The molecule has 2 N–H and O–H groups in total. The minimum Gasteiger partial charge on any atom is -0.493 e. The molecule has 0 aliphatic heterocycles. The molecular weight excluding hydrogens is 314 g/mol. The van der Waals surface area contributed by atoms with Gasteiger partial charge in [0.15, 0.2) is 11.5 Å². The van der Waals surface area contributed by atoms with Crippen molar-refractivity contribution in [3.8, 4) is 11.5 Å². The average molecular weight is 332 g/mol. The maximum Gasteiger partial charge on any atom is 0.303 e. The first-order valence-electron chi connectivity index (χ1n) is 5.91. The van der Waals surface area contributed by atoms with Crippen LogP contribution in [0.4, 0.5) is 0 Å². The lowest BCUT2D eigenvalue weighted by Crippen LogP contribution is -2.16. The zero-order chi connectivity index (χ0) is 14.3. The molecule has 0 heterocycles. The van der Waals surface area contributed by atoms with Crippen LogP contribution >= 0.6 is 15.9 Å². The van der Waals surface area contributed by atoms with Gasteiger partial charge in [0, 0.05) is 17.4 Å². The number of rotatable bonds is 8. The Bertz CT molecular complexity index is 437. The van der Waals surface area contributed by atoms with E-state index in [1.54, 1.807) is 14.2 Å². The number of carboxylic acids is 1. The summed E-state index contributed by atoms with van der Waals surface area (Å²) in [6, 6.07) is 3.75. The number of hydrogen-bond donors (Lipinski definition) is 2. The first-order valence-corrected chi connectivity index (χ1v) is 6.70. The standard InChI is InChI=1S/C13H18BrNO4/c1-18-11-6-9(10(14)7-12(11)19-2)8-15-5-3-4-13(16)17/h6-7,15H,3-5,8H2,1-2H3,(H,16,17). The SMILES string of the molecule is COc1cc(Br)c(CNCCCC(=O)O)cc1OC. The molecule has 0 aliphatic rings. The second kappa shape index (κ2) is 8.01. The predicted molar refractivity (Wildman–Crippen MR) is 75.8 cm³/mol. The van der Waals surface area contributed by atoms with Gasteiger partial charge in [-0.25, -0.2) is 0 Å². The van der Waals surface area contributed by atoms with Crippen LogP contribution in [-0.2, 0) is 11.3 Å². The molecule has 0 spiro atoms. The number of carboxylic acid groups (broad SMARTS) is 1. The van der Waals surface area contributed by atoms with Crippen LogP contribution in [0.15, 0.2) is 16.6 Å². The fourth-order valence-corrected chi connectivity index (χ4v) is 2.08. The molecule has 0 aromatic heterocycles. The van der Waals surface area contributed by atoms with Gasteiger partial charge in [-0.3, -0.25) is 4.79 Å².